The fraction of sp³-hybridized carbons (Fsp3) is 0.667. The highest BCUT2D eigenvalue weighted by Gasteiger charge is 2.19. The molecule has 1 unspecified atom stereocenters. The van der Waals surface area contributed by atoms with Crippen molar-refractivity contribution < 1.29 is 9.90 Å². The van der Waals surface area contributed by atoms with Crippen molar-refractivity contribution in [1.82, 2.24) is 0 Å². The van der Waals surface area contributed by atoms with E-state index < -0.39 is 11.9 Å². The maximum absolute atomic E-state index is 11.7. The normalized spacial score (nSPS) is 11.9. The van der Waals surface area contributed by atoms with Gasteiger partial charge in [-0.25, -0.2) is 0 Å². The highest BCUT2D eigenvalue weighted by Crippen LogP contribution is 2.23. The summed E-state index contributed by atoms with van der Waals surface area (Å²) in [5.41, 5.74) is 7.04. The highest BCUT2D eigenvalue weighted by atomic mass is 16.4. The molecule has 0 aliphatic carbocycles. The van der Waals surface area contributed by atoms with E-state index in [0.29, 0.717) is 12.8 Å². The smallest absolute Gasteiger partial charge is 0.306 e. The first-order chi connectivity index (χ1) is 14.0. The summed E-state index contributed by atoms with van der Waals surface area (Å²) in [7, 11) is 0. The summed E-state index contributed by atoms with van der Waals surface area (Å²) in [4.78, 5) is 11.7. The van der Waals surface area contributed by atoms with Crippen LogP contribution in [0.2, 0.25) is 0 Å². The van der Waals surface area contributed by atoms with Crippen molar-refractivity contribution in [2.24, 2.45) is 11.7 Å². The van der Waals surface area contributed by atoms with Crippen LogP contribution in [-0.4, -0.2) is 17.0 Å². The molecule has 0 spiro atoms. The lowest BCUT2D eigenvalue weighted by molar-refractivity contribution is -0.142. The molecule has 29 heavy (non-hydrogen) atoms. The molecule has 0 aliphatic heterocycles. The first-order valence-corrected chi connectivity index (χ1v) is 11.5. The van der Waals surface area contributed by atoms with Crippen molar-refractivity contribution in [3.63, 3.8) is 0 Å². The van der Waals surface area contributed by atoms with Gasteiger partial charge in [0, 0.05) is 5.69 Å². The topological polar surface area (TPSA) is 99.2 Å². The number of carbonyl (C=O) groups is 1. The fourth-order valence-corrected chi connectivity index (χ4v) is 3.78. The van der Waals surface area contributed by atoms with Crippen LogP contribution in [0.15, 0.2) is 24.3 Å². The minimum Gasteiger partial charge on any atom is -0.481 e. The molecule has 0 aromatic heterocycles. The van der Waals surface area contributed by atoms with Crippen LogP contribution in [0.4, 0.5) is 5.69 Å². The monoisotopic (exact) mass is 403 g/mol. The Morgan fingerprint density at radius 2 is 1.48 bits per heavy atom. The molecule has 1 rings (SSSR count). The first-order valence-electron chi connectivity index (χ1n) is 11.5. The van der Waals surface area contributed by atoms with E-state index in [9.17, 15) is 9.90 Å². The molecular formula is C24H41N3O2. The standard InChI is InChI=1S/C24H41N3O2/c1-2-3-4-5-6-7-8-9-10-11-12-13-17-21(23(28)29)19-20-16-14-15-18-22(20)27-24(25)26/h14-16,18,21H,2-13,17,19H2,1H3,(H,28,29)(H4,25,26,27). The molecule has 0 saturated carbocycles. The van der Waals surface area contributed by atoms with Gasteiger partial charge in [-0.15, -0.1) is 0 Å². The van der Waals surface area contributed by atoms with Gasteiger partial charge < -0.3 is 16.2 Å². The quantitative estimate of drug-likeness (QED) is 0.139. The third-order valence-electron chi connectivity index (χ3n) is 5.51. The Balaban J connectivity index is 2.21. The fourth-order valence-electron chi connectivity index (χ4n) is 3.78. The van der Waals surface area contributed by atoms with Crippen LogP contribution in [0, 0.1) is 11.3 Å². The number of guanidine groups is 1. The minimum atomic E-state index is -0.745. The lowest BCUT2D eigenvalue weighted by atomic mass is 9.92. The Morgan fingerprint density at radius 3 is 2.00 bits per heavy atom. The first kappa shape index (κ1) is 25.0. The molecule has 1 atom stereocenters. The molecule has 1 aromatic rings. The second kappa shape index (κ2) is 15.8. The van der Waals surface area contributed by atoms with Gasteiger partial charge in [-0.05, 0) is 24.5 Å². The summed E-state index contributed by atoms with van der Waals surface area (Å²) in [5, 5.41) is 19.8. The number of unbranched alkanes of at least 4 members (excludes halogenated alkanes) is 11. The van der Waals surface area contributed by atoms with E-state index in [1.54, 1.807) is 0 Å². The maximum atomic E-state index is 11.7. The van der Waals surface area contributed by atoms with Gasteiger partial charge in [-0.1, -0.05) is 102 Å². The van der Waals surface area contributed by atoms with Crippen LogP contribution < -0.4 is 11.1 Å². The van der Waals surface area contributed by atoms with Crippen molar-refractivity contribution in [1.29, 1.82) is 5.41 Å². The predicted molar refractivity (Wildman–Crippen MR) is 123 cm³/mol. The van der Waals surface area contributed by atoms with E-state index in [0.717, 1.165) is 24.1 Å². The number of carboxylic acids is 1. The van der Waals surface area contributed by atoms with Crippen LogP contribution in [0.1, 0.15) is 96.0 Å². The Kier molecular flexibility index (Phi) is 13.6. The van der Waals surface area contributed by atoms with Crippen molar-refractivity contribution in [3.8, 4) is 0 Å². The average molecular weight is 404 g/mol. The minimum absolute atomic E-state index is 0.134. The molecule has 0 heterocycles. The Labute approximate surface area is 177 Å². The molecule has 5 nitrogen and oxygen atoms in total. The Bertz CT molecular complexity index is 589. The van der Waals surface area contributed by atoms with Crippen LogP contribution in [0.5, 0.6) is 0 Å². The lowest BCUT2D eigenvalue weighted by Gasteiger charge is -2.16. The van der Waals surface area contributed by atoms with E-state index in [1.807, 2.05) is 24.3 Å². The van der Waals surface area contributed by atoms with Gasteiger partial charge in [-0.2, -0.15) is 0 Å². The van der Waals surface area contributed by atoms with Gasteiger partial charge in [-0.3, -0.25) is 10.2 Å². The molecule has 0 radical (unpaired) electrons. The molecule has 0 fully saturated rings. The summed E-state index contributed by atoms with van der Waals surface area (Å²) in [6.45, 7) is 2.25. The van der Waals surface area contributed by atoms with Crippen molar-refractivity contribution >= 4 is 17.6 Å². The number of para-hydroxylation sites is 1. The van der Waals surface area contributed by atoms with Crippen LogP contribution >= 0.6 is 0 Å². The molecule has 0 aliphatic rings. The Hall–Kier alpha value is -2.04. The van der Waals surface area contributed by atoms with Gasteiger partial charge in [0.05, 0.1) is 5.92 Å². The lowest BCUT2D eigenvalue weighted by Crippen LogP contribution is -2.22. The summed E-state index contributed by atoms with van der Waals surface area (Å²) in [6.07, 6.45) is 16.5. The zero-order valence-electron chi connectivity index (χ0n) is 18.2. The van der Waals surface area contributed by atoms with Gasteiger partial charge in [0.15, 0.2) is 5.96 Å². The van der Waals surface area contributed by atoms with Gasteiger partial charge in [0.1, 0.15) is 0 Å². The van der Waals surface area contributed by atoms with Gasteiger partial charge in [0.25, 0.3) is 0 Å². The number of hydrogen-bond acceptors (Lipinski definition) is 2. The summed E-state index contributed by atoms with van der Waals surface area (Å²) in [5.74, 6) is -1.27. The summed E-state index contributed by atoms with van der Waals surface area (Å²) >= 11 is 0. The summed E-state index contributed by atoms with van der Waals surface area (Å²) in [6, 6.07) is 7.49. The number of benzene rings is 1. The summed E-state index contributed by atoms with van der Waals surface area (Å²) < 4.78 is 0. The van der Waals surface area contributed by atoms with Crippen LogP contribution in [0.25, 0.3) is 0 Å². The van der Waals surface area contributed by atoms with E-state index in [2.05, 4.69) is 12.2 Å². The van der Waals surface area contributed by atoms with Crippen LogP contribution in [0.3, 0.4) is 0 Å². The zero-order chi connectivity index (χ0) is 21.3. The van der Waals surface area contributed by atoms with Gasteiger partial charge in [0.2, 0.25) is 0 Å². The number of hydrogen-bond donors (Lipinski definition) is 4. The van der Waals surface area contributed by atoms with E-state index >= 15 is 0 Å². The molecule has 5 N–H and O–H groups in total. The SMILES string of the molecule is CCCCCCCCCCCCCCC(Cc1ccccc1NC(=N)N)C(=O)O. The number of rotatable bonds is 17. The number of aliphatic carboxylic acids is 1. The zero-order valence-corrected chi connectivity index (χ0v) is 18.2. The van der Waals surface area contributed by atoms with Crippen molar-refractivity contribution in [2.75, 3.05) is 5.32 Å². The number of carboxylic acid groups (broad SMARTS) is 1. The molecule has 0 saturated heterocycles. The molecule has 0 bridgehead atoms. The molecular weight excluding hydrogens is 362 g/mol. The van der Waals surface area contributed by atoms with E-state index in [4.69, 9.17) is 11.1 Å². The largest absolute Gasteiger partial charge is 0.481 e. The van der Waals surface area contributed by atoms with Crippen molar-refractivity contribution in [3.05, 3.63) is 29.8 Å². The second-order valence-electron chi connectivity index (χ2n) is 8.11. The second-order valence-corrected chi connectivity index (χ2v) is 8.11. The van der Waals surface area contributed by atoms with Crippen LogP contribution in [-0.2, 0) is 11.2 Å². The average Bonchev–Trinajstić information content (AvgIpc) is 2.68. The van der Waals surface area contributed by atoms with Crippen molar-refractivity contribution in [2.45, 2.75) is 96.8 Å². The number of anilines is 1. The maximum Gasteiger partial charge on any atom is 0.306 e. The van der Waals surface area contributed by atoms with Gasteiger partial charge >= 0.3 is 5.97 Å². The molecule has 5 heteroatoms. The number of nitrogens with one attached hydrogen (secondary N) is 2. The van der Waals surface area contributed by atoms with E-state index in [1.165, 1.54) is 64.2 Å². The highest BCUT2D eigenvalue weighted by molar-refractivity contribution is 5.90. The molecule has 1 aromatic carbocycles. The van der Waals surface area contributed by atoms with E-state index in [-0.39, 0.29) is 5.96 Å². The Morgan fingerprint density at radius 1 is 0.966 bits per heavy atom. The third-order valence-corrected chi connectivity index (χ3v) is 5.51. The molecule has 0 amide bonds. The third kappa shape index (κ3) is 12.2. The predicted octanol–water partition coefficient (Wildman–Crippen LogP) is 6.33. The number of nitrogens with two attached hydrogens (primary N) is 1. The molecule has 164 valence electrons.